The molecule has 0 spiro atoms. The van der Waals surface area contributed by atoms with E-state index in [0.717, 1.165) is 0 Å². The summed E-state index contributed by atoms with van der Waals surface area (Å²) in [5.41, 5.74) is 0. The summed E-state index contributed by atoms with van der Waals surface area (Å²) in [7, 11) is 0. The molecule has 0 aromatic rings. The van der Waals surface area contributed by atoms with Crippen LogP contribution in [0.25, 0.3) is 0 Å². The number of carbonyl (C=O) groups is 2. The molecule has 3 aliphatic heterocycles. The summed E-state index contributed by atoms with van der Waals surface area (Å²) < 4.78 is 16.7. The minimum atomic E-state index is -0.546. The Kier molecular flexibility index (Phi) is 3.68. The van der Waals surface area contributed by atoms with Crippen LogP contribution in [0.4, 0.5) is 0 Å². The van der Waals surface area contributed by atoms with Gasteiger partial charge in [0.25, 0.3) is 0 Å². The van der Waals surface area contributed by atoms with Crippen molar-refractivity contribution in [2.24, 2.45) is 11.8 Å². The van der Waals surface area contributed by atoms with Crippen molar-refractivity contribution in [3.8, 4) is 0 Å². The summed E-state index contributed by atoms with van der Waals surface area (Å²) in [6.07, 6.45) is 9.63. The molecular formula is C16H18O5. The predicted octanol–water partition coefficient (Wildman–Crippen LogP) is 1.55. The zero-order valence-electron chi connectivity index (χ0n) is 12.0. The van der Waals surface area contributed by atoms with E-state index in [9.17, 15) is 9.59 Å². The van der Waals surface area contributed by atoms with Gasteiger partial charge in [0.05, 0.1) is 12.2 Å². The first-order valence-electron chi connectivity index (χ1n) is 7.13. The normalized spacial score (nSPS) is 38.2. The SMILES string of the molecule is CC(=O)O[C@H]([C@@H]1[C@H](C)[C@H]2C=CC=C[C@@H]1O2)[C@@H]1C=CC(=O)O1. The molecule has 3 aliphatic rings. The van der Waals surface area contributed by atoms with E-state index in [1.807, 2.05) is 24.3 Å². The van der Waals surface area contributed by atoms with Gasteiger partial charge in [0, 0.05) is 18.9 Å². The minimum absolute atomic E-state index is 0.0193. The van der Waals surface area contributed by atoms with E-state index in [1.54, 1.807) is 6.08 Å². The van der Waals surface area contributed by atoms with Crippen LogP contribution in [0.5, 0.6) is 0 Å². The van der Waals surface area contributed by atoms with Crippen LogP contribution in [-0.4, -0.2) is 36.4 Å². The van der Waals surface area contributed by atoms with Crippen molar-refractivity contribution in [1.82, 2.24) is 0 Å². The topological polar surface area (TPSA) is 61.8 Å². The largest absolute Gasteiger partial charge is 0.458 e. The molecule has 0 unspecified atom stereocenters. The third-order valence-corrected chi connectivity index (χ3v) is 4.21. The van der Waals surface area contributed by atoms with Crippen LogP contribution in [0, 0.1) is 11.8 Å². The van der Waals surface area contributed by atoms with E-state index in [4.69, 9.17) is 14.2 Å². The minimum Gasteiger partial charge on any atom is -0.458 e. The second kappa shape index (κ2) is 5.48. The number of hydrogen-bond acceptors (Lipinski definition) is 5. The molecule has 0 aliphatic carbocycles. The van der Waals surface area contributed by atoms with Crippen molar-refractivity contribution < 1.29 is 23.8 Å². The highest BCUT2D eigenvalue weighted by atomic mass is 16.6. The molecule has 112 valence electrons. The molecule has 5 heteroatoms. The fourth-order valence-electron chi connectivity index (χ4n) is 3.26. The van der Waals surface area contributed by atoms with E-state index >= 15 is 0 Å². The number of cyclic esters (lactones) is 1. The van der Waals surface area contributed by atoms with E-state index in [1.165, 1.54) is 13.0 Å². The van der Waals surface area contributed by atoms with Crippen LogP contribution in [0.2, 0.25) is 0 Å². The Bertz CT molecular complexity index is 533. The standard InChI is InChI=1S/C16H18O5/c1-9-11-5-3-4-6-12(20-11)15(9)16(19-10(2)17)13-7-8-14(18)21-13/h3-9,11-13,15-16H,1-2H3/t9-,11-,12+,13+,15-,16+/m1/s1. The molecule has 0 aromatic heterocycles. The Hall–Kier alpha value is -1.88. The van der Waals surface area contributed by atoms with Gasteiger partial charge in [-0.05, 0) is 12.0 Å². The van der Waals surface area contributed by atoms with Crippen LogP contribution in [0.1, 0.15) is 13.8 Å². The molecule has 3 rings (SSSR count). The van der Waals surface area contributed by atoms with E-state index < -0.39 is 18.2 Å². The maximum atomic E-state index is 11.5. The Morgan fingerprint density at radius 1 is 1.24 bits per heavy atom. The maximum Gasteiger partial charge on any atom is 0.331 e. The van der Waals surface area contributed by atoms with Crippen molar-refractivity contribution in [3.63, 3.8) is 0 Å². The first kappa shape index (κ1) is 14.1. The highest BCUT2D eigenvalue weighted by Crippen LogP contribution is 2.40. The molecular weight excluding hydrogens is 272 g/mol. The predicted molar refractivity (Wildman–Crippen MR) is 74.2 cm³/mol. The number of rotatable bonds is 3. The fraction of sp³-hybridized carbons (Fsp3) is 0.500. The third kappa shape index (κ3) is 2.65. The highest BCUT2D eigenvalue weighted by Gasteiger charge is 2.49. The van der Waals surface area contributed by atoms with Gasteiger partial charge in [-0.1, -0.05) is 31.2 Å². The van der Waals surface area contributed by atoms with Crippen molar-refractivity contribution in [2.75, 3.05) is 0 Å². The fourth-order valence-corrected chi connectivity index (χ4v) is 3.26. The summed E-state index contributed by atoms with van der Waals surface area (Å²) in [4.78, 5) is 22.8. The molecule has 0 aromatic carbocycles. The Morgan fingerprint density at radius 3 is 2.57 bits per heavy atom. The molecule has 6 atom stereocenters. The number of carbonyl (C=O) groups excluding carboxylic acids is 2. The first-order valence-corrected chi connectivity index (χ1v) is 7.13. The molecule has 1 saturated heterocycles. The Balaban J connectivity index is 1.87. The lowest BCUT2D eigenvalue weighted by Crippen LogP contribution is -2.43. The highest BCUT2D eigenvalue weighted by molar-refractivity contribution is 5.84. The lowest BCUT2D eigenvalue weighted by Gasteiger charge is -2.31. The summed E-state index contributed by atoms with van der Waals surface area (Å²) in [6.45, 7) is 3.43. The van der Waals surface area contributed by atoms with Gasteiger partial charge in [0.15, 0.2) is 6.10 Å². The second-order valence-electron chi connectivity index (χ2n) is 5.61. The third-order valence-electron chi connectivity index (χ3n) is 4.21. The zero-order chi connectivity index (χ0) is 15.0. The van der Waals surface area contributed by atoms with Gasteiger partial charge < -0.3 is 14.2 Å². The second-order valence-corrected chi connectivity index (χ2v) is 5.61. The van der Waals surface area contributed by atoms with Crippen molar-refractivity contribution in [2.45, 2.75) is 38.3 Å². The smallest absolute Gasteiger partial charge is 0.331 e. The van der Waals surface area contributed by atoms with Crippen LogP contribution >= 0.6 is 0 Å². The van der Waals surface area contributed by atoms with Gasteiger partial charge in [-0.25, -0.2) is 4.79 Å². The molecule has 3 heterocycles. The molecule has 5 nitrogen and oxygen atoms in total. The average Bonchev–Trinajstić information content (AvgIpc) is 2.86. The van der Waals surface area contributed by atoms with Gasteiger partial charge in [0.1, 0.15) is 6.10 Å². The quantitative estimate of drug-likeness (QED) is 0.738. The van der Waals surface area contributed by atoms with Gasteiger partial charge in [-0.15, -0.1) is 0 Å². The first-order chi connectivity index (χ1) is 10.1. The van der Waals surface area contributed by atoms with Crippen molar-refractivity contribution in [1.29, 1.82) is 0 Å². The number of hydrogen-bond donors (Lipinski definition) is 0. The van der Waals surface area contributed by atoms with E-state index in [2.05, 4.69) is 6.92 Å². The van der Waals surface area contributed by atoms with Crippen LogP contribution in [0.3, 0.4) is 0 Å². The molecule has 2 bridgehead atoms. The summed E-state index contributed by atoms with van der Waals surface area (Å²) >= 11 is 0. The van der Waals surface area contributed by atoms with Crippen LogP contribution < -0.4 is 0 Å². The zero-order valence-corrected chi connectivity index (χ0v) is 12.0. The number of fused-ring (bicyclic) bond motifs is 2. The molecule has 1 fully saturated rings. The molecule has 0 N–H and O–H groups in total. The number of ether oxygens (including phenoxy) is 3. The van der Waals surface area contributed by atoms with Crippen LogP contribution in [0.15, 0.2) is 36.5 Å². The number of allylic oxidation sites excluding steroid dienone is 2. The van der Waals surface area contributed by atoms with Crippen LogP contribution in [-0.2, 0) is 23.8 Å². The molecule has 0 saturated carbocycles. The molecule has 0 amide bonds. The van der Waals surface area contributed by atoms with Gasteiger partial charge >= 0.3 is 11.9 Å². The lowest BCUT2D eigenvalue weighted by molar-refractivity contribution is -0.164. The average molecular weight is 290 g/mol. The Morgan fingerprint density at radius 2 is 1.95 bits per heavy atom. The van der Waals surface area contributed by atoms with E-state index in [0.29, 0.717) is 0 Å². The summed E-state index contributed by atoms with van der Waals surface area (Å²) in [5.74, 6) is -0.685. The lowest BCUT2D eigenvalue weighted by atomic mass is 9.81. The van der Waals surface area contributed by atoms with Gasteiger partial charge in [-0.2, -0.15) is 0 Å². The molecule has 0 radical (unpaired) electrons. The van der Waals surface area contributed by atoms with Crippen molar-refractivity contribution >= 4 is 11.9 Å². The van der Waals surface area contributed by atoms with Gasteiger partial charge in [-0.3, -0.25) is 4.79 Å². The summed E-state index contributed by atoms with van der Waals surface area (Å²) in [6, 6.07) is 0. The number of esters is 2. The van der Waals surface area contributed by atoms with Crippen molar-refractivity contribution in [3.05, 3.63) is 36.5 Å². The molecule has 21 heavy (non-hydrogen) atoms. The monoisotopic (exact) mass is 290 g/mol. The van der Waals surface area contributed by atoms with E-state index in [-0.39, 0.29) is 30.0 Å². The summed E-state index contributed by atoms with van der Waals surface area (Å²) in [5, 5.41) is 0. The van der Waals surface area contributed by atoms with Gasteiger partial charge in [0.2, 0.25) is 0 Å². The Labute approximate surface area is 123 Å². The maximum absolute atomic E-state index is 11.5.